The smallest absolute Gasteiger partial charge is 0.334 e. The molecule has 2 heterocycles. The van der Waals surface area contributed by atoms with E-state index in [0.717, 1.165) is 41.7 Å². The third kappa shape index (κ3) is 6.21. The Morgan fingerprint density at radius 1 is 0.829 bits per heavy atom. The van der Waals surface area contributed by atoms with Crippen molar-refractivity contribution >= 4 is 11.9 Å². The SMILES string of the molecule is C=C1CC(c2ccc(-c3ccc(OC(CCCCCCC)C4CC(=C)C(=O)O4)cc3)cc2)OC1=O. The fraction of sp³-hybridized carbons (Fsp3) is 0.400. The number of esters is 2. The van der Waals surface area contributed by atoms with Crippen LogP contribution in [0.15, 0.2) is 72.8 Å². The van der Waals surface area contributed by atoms with Crippen LogP contribution in [-0.2, 0) is 19.1 Å². The number of rotatable bonds is 11. The molecule has 2 aliphatic heterocycles. The minimum atomic E-state index is -0.315. The van der Waals surface area contributed by atoms with Gasteiger partial charge in [0.15, 0.2) is 0 Å². The summed E-state index contributed by atoms with van der Waals surface area (Å²) in [6.45, 7) is 9.78. The van der Waals surface area contributed by atoms with Gasteiger partial charge in [0, 0.05) is 24.0 Å². The van der Waals surface area contributed by atoms with E-state index in [-0.39, 0.29) is 30.3 Å². The topological polar surface area (TPSA) is 61.8 Å². The van der Waals surface area contributed by atoms with Crippen molar-refractivity contribution in [3.05, 3.63) is 78.4 Å². The van der Waals surface area contributed by atoms with Crippen molar-refractivity contribution in [3.63, 3.8) is 0 Å². The highest BCUT2D eigenvalue weighted by Crippen LogP contribution is 2.34. The molecule has 2 saturated heterocycles. The highest BCUT2D eigenvalue weighted by Gasteiger charge is 2.35. The minimum absolute atomic E-state index is 0.186. The van der Waals surface area contributed by atoms with Gasteiger partial charge in [-0.2, -0.15) is 0 Å². The van der Waals surface area contributed by atoms with Crippen molar-refractivity contribution in [1.29, 1.82) is 0 Å². The van der Waals surface area contributed by atoms with Gasteiger partial charge in [-0.3, -0.25) is 0 Å². The number of unbranched alkanes of at least 4 members (excludes halogenated alkanes) is 4. The fourth-order valence-corrected chi connectivity index (χ4v) is 4.60. The van der Waals surface area contributed by atoms with Crippen molar-refractivity contribution in [1.82, 2.24) is 0 Å². The van der Waals surface area contributed by atoms with Crippen molar-refractivity contribution in [3.8, 4) is 16.9 Å². The van der Waals surface area contributed by atoms with Crippen LogP contribution in [-0.4, -0.2) is 24.1 Å². The molecular formula is C30H34O5. The lowest BCUT2D eigenvalue weighted by Crippen LogP contribution is -2.31. The van der Waals surface area contributed by atoms with Gasteiger partial charge < -0.3 is 14.2 Å². The number of cyclic esters (lactones) is 2. The number of ether oxygens (including phenoxy) is 3. The first-order valence-electron chi connectivity index (χ1n) is 12.6. The van der Waals surface area contributed by atoms with E-state index < -0.39 is 0 Å². The van der Waals surface area contributed by atoms with Crippen LogP contribution in [0.2, 0.25) is 0 Å². The average Bonchev–Trinajstić information content (AvgIpc) is 3.38. The molecule has 5 heteroatoms. The highest BCUT2D eigenvalue weighted by atomic mass is 16.6. The standard InChI is InChI=1S/C30H34O5/c1-4-5-6-7-8-9-26(28-19-21(3)30(32)35-28)33-25-16-14-23(15-17-25)22-10-12-24(13-11-22)27-18-20(2)29(31)34-27/h10-17,26-28H,2-9,18-19H2,1H3. The van der Waals surface area contributed by atoms with Crippen LogP contribution in [0, 0.1) is 0 Å². The molecule has 0 amide bonds. The van der Waals surface area contributed by atoms with Gasteiger partial charge >= 0.3 is 11.9 Å². The van der Waals surface area contributed by atoms with E-state index in [0.29, 0.717) is 24.0 Å². The lowest BCUT2D eigenvalue weighted by molar-refractivity contribution is -0.142. The van der Waals surface area contributed by atoms with Gasteiger partial charge in [0.05, 0.1) is 0 Å². The minimum Gasteiger partial charge on any atom is -0.487 e. The van der Waals surface area contributed by atoms with Gasteiger partial charge in [-0.15, -0.1) is 0 Å². The largest absolute Gasteiger partial charge is 0.487 e. The first-order valence-corrected chi connectivity index (χ1v) is 12.6. The van der Waals surface area contributed by atoms with Crippen LogP contribution >= 0.6 is 0 Å². The zero-order valence-corrected chi connectivity index (χ0v) is 20.5. The zero-order valence-electron chi connectivity index (χ0n) is 20.5. The van der Waals surface area contributed by atoms with Gasteiger partial charge in [-0.1, -0.05) is 82.2 Å². The Labute approximate surface area is 207 Å². The van der Waals surface area contributed by atoms with Crippen molar-refractivity contribution in [2.75, 3.05) is 0 Å². The maximum atomic E-state index is 11.9. The molecule has 0 bridgehead atoms. The summed E-state index contributed by atoms with van der Waals surface area (Å²) < 4.78 is 17.2. The summed E-state index contributed by atoms with van der Waals surface area (Å²) in [5, 5.41) is 0. The molecule has 0 N–H and O–H groups in total. The van der Waals surface area contributed by atoms with Crippen LogP contribution in [0.25, 0.3) is 11.1 Å². The molecule has 5 nitrogen and oxygen atoms in total. The molecular weight excluding hydrogens is 440 g/mol. The maximum Gasteiger partial charge on any atom is 0.334 e. The third-order valence-electron chi connectivity index (χ3n) is 6.73. The molecule has 0 saturated carbocycles. The van der Waals surface area contributed by atoms with E-state index in [1.165, 1.54) is 19.3 Å². The second-order valence-electron chi connectivity index (χ2n) is 9.46. The lowest BCUT2D eigenvalue weighted by atomic mass is 10.00. The Balaban J connectivity index is 1.39. The lowest BCUT2D eigenvalue weighted by Gasteiger charge is -2.24. The molecule has 3 unspecified atom stereocenters. The summed E-state index contributed by atoms with van der Waals surface area (Å²) in [4.78, 5) is 23.5. The summed E-state index contributed by atoms with van der Waals surface area (Å²) in [5.41, 5.74) is 4.14. The number of carbonyl (C=O) groups excluding carboxylic acids is 2. The van der Waals surface area contributed by atoms with Gasteiger partial charge in [0.1, 0.15) is 24.1 Å². The highest BCUT2D eigenvalue weighted by molar-refractivity contribution is 5.90. The molecule has 0 aliphatic carbocycles. The Kier molecular flexibility index (Phi) is 8.06. The summed E-state index contributed by atoms with van der Waals surface area (Å²) in [6.07, 6.45) is 7.03. The van der Waals surface area contributed by atoms with E-state index in [1.807, 2.05) is 48.5 Å². The van der Waals surface area contributed by atoms with Crippen molar-refractivity contribution < 1.29 is 23.8 Å². The molecule has 0 spiro atoms. The summed E-state index contributed by atoms with van der Waals surface area (Å²) in [5.74, 6) is 0.129. The summed E-state index contributed by atoms with van der Waals surface area (Å²) in [7, 11) is 0. The quantitative estimate of drug-likeness (QED) is 0.202. The second kappa shape index (κ2) is 11.4. The van der Waals surface area contributed by atoms with Gasteiger partial charge in [0.2, 0.25) is 0 Å². The maximum absolute atomic E-state index is 11.9. The molecule has 35 heavy (non-hydrogen) atoms. The molecule has 184 valence electrons. The average molecular weight is 475 g/mol. The first-order chi connectivity index (χ1) is 16.9. The van der Waals surface area contributed by atoms with E-state index in [1.54, 1.807) is 0 Å². The van der Waals surface area contributed by atoms with Crippen molar-refractivity contribution in [2.24, 2.45) is 0 Å². The monoisotopic (exact) mass is 474 g/mol. The summed E-state index contributed by atoms with van der Waals surface area (Å²) >= 11 is 0. The predicted molar refractivity (Wildman–Crippen MR) is 136 cm³/mol. The summed E-state index contributed by atoms with van der Waals surface area (Å²) in [6, 6.07) is 16.0. The Morgan fingerprint density at radius 2 is 1.43 bits per heavy atom. The molecule has 2 aliphatic rings. The molecule has 2 fully saturated rings. The molecule has 0 radical (unpaired) electrons. The number of hydrogen-bond acceptors (Lipinski definition) is 5. The number of carbonyl (C=O) groups is 2. The normalized spacial score (nSPS) is 20.6. The Hall–Kier alpha value is -3.34. The van der Waals surface area contributed by atoms with E-state index >= 15 is 0 Å². The first kappa shape index (κ1) is 24.8. The van der Waals surface area contributed by atoms with Gasteiger partial charge in [0.25, 0.3) is 0 Å². The van der Waals surface area contributed by atoms with Gasteiger partial charge in [-0.25, -0.2) is 9.59 Å². The van der Waals surface area contributed by atoms with Crippen LogP contribution < -0.4 is 4.74 Å². The zero-order chi connectivity index (χ0) is 24.8. The number of hydrogen-bond donors (Lipinski definition) is 0. The van der Waals surface area contributed by atoms with E-state index in [4.69, 9.17) is 14.2 Å². The van der Waals surface area contributed by atoms with Crippen molar-refractivity contribution in [2.45, 2.75) is 76.6 Å². The molecule has 2 aromatic carbocycles. The molecule has 0 aromatic heterocycles. The van der Waals surface area contributed by atoms with Gasteiger partial charge in [-0.05, 0) is 41.7 Å². The number of benzene rings is 2. The predicted octanol–water partition coefficient (Wildman–Crippen LogP) is 6.88. The van der Waals surface area contributed by atoms with Crippen LogP contribution in [0.1, 0.15) is 70.0 Å². The molecule has 2 aromatic rings. The fourth-order valence-electron chi connectivity index (χ4n) is 4.60. The Morgan fingerprint density at radius 3 is 2.00 bits per heavy atom. The van der Waals surface area contributed by atoms with Crippen LogP contribution in [0.4, 0.5) is 0 Å². The molecule has 4 rings (SSSR count). The van der Waals surface area contributed by atoms with E-state index in [9.17, 15) is 9.59 Å². The van der Waals surface area contributed by atoms with Crippen LogP contribution in [0.5, 0.6) is 5.75 Å². The van der Waals surface area contributed by atoms with Crippen LogP contribution in [0.3, 0.4) is 0 Å². The van der Waals surface area contributed by atoms with E-state index in [2.05, 4.69) is 20.1 Å². The third-order valence-corrected chi connectivity index (χ3v) is 6.73. The molecule has 3 atom stereocenters. The second-order valence-corrected chi connectivity index (χ2v) is 9.46. The Bertz CT molecular complexity index is 1030.